The van der Waals surface area contributed by atoms with Gasteiger partial charge >= 0.3 is 6.61 Å². The van der Waals surface area contributed by atoms with E-state index in [4.69, 9.17) is 0 Å². The molecule has 2 heterocycles. The summed E-state index contributed by atoms with van der Waals surface area (Å²) >= 11 is 0. The second kappa shape index (κ2) is 6.63. The number of carbonyl (C=O) groups excluding carboxylic acids is 1. The molecule has 0 aromatic heterocycles. The molecule has 2 unspecified atom stereocenters. The molecule has 0 radical (unpaired) electrons. The molecule has 2 bridgehead atoms. The van der Waals surface area contributed by atoms with Crippen LogP contribution in [0.4, 0.5) is 13.2 Å². The van der Waals surface area contributed by atoms with Crippen LogP contribution in [0, 0.1) is 11.7 Å². The minimum atomic E-state index is -3.12. The predicted octanol–water partition coefficient (Wildman–Crippen LogP) is 3.69. The fourth-order valence-electron chi connectivity index (χ4n) is 3.59. The summed E-state index contributed by atoms with van der Waals surface area (Å²) in [5.74, 6) is -2.29. The molecule has 0 amide bonds. The smallest absolute Gasteiger partial charge is 0.387 e. The van der Waals surface area contributed by atoms with Crippen LogP contribution in [0.2, 0.25) is 0 Å². The van der Waals surface area contributed by atoms with Crippen molar-refractivity contribution in [3.05, 3.63) is 29.6 Å². The SMILES string of the molecule is O=C(c1c(F)cccc1OC(F)F)C1CC2CCCC(C1)S2=O. The Morgan fingerprint density at radius 2 is 1.87 bits per heavy atom. The first kappa shape index (κ1) is 16.5. The van der Waals surface area contributed by atoms with Crippen LogP contribution in [0.3, 0.4) is 0 Å². The maximum absolute atomic E-state index is 14.1. The highest BCUT2D eigenvalue weighted by Gasteiger charge is 2.41. The van der Waals surface area contributed by atoms with Gasteiger partial charge in [0, 0.05) is 27.2 Å². The number of hydrogen-bond acceptors (Lipinski definition) is 3. The number of Topliss-reactive ketones (excluding diaryl/α,β-unsaturated/α-hetero) is 1. The average molecular weight is 346 g/mol. The molecule has 2 fully saturated rings. The molecule has 0 spiro atoms. The fourth-order valence-corrected chi connectivity index (χ4v) is 5.78. The van der Waals surface area contributed by atoms with E-state index in [-0.39, 0.29) is 10.5 Å². The summed E-state index contributed by atoms with van der Waals surface area (Å²) < 4.78 is 55.5. The molecule has 3 rings (SSSR count). The first-order valence-corrected chi connectivity index (χ1v) is 8.92. The van der Waals surface area contributed by atoms with E-state index in [1.165, 1.54) is 12.1 Å². The number of carbonyl (C=O) groups is 1. The van der Waals surface area contributed by atoms with E-state index in [1.54, 1.807) is 0 Å². The molecule has 23 heavy (non-hydrogen) atoms. The molecule has 7 heteroatoms. The van der Waals surface area contributed by atoms with Crippen LogP contribution in [0.15, 0.2) is 18.2 Å². The molecular weight excluding hydrogens is 329 g/mol. The quantitative estimate of drug-likeness (QED) is 0.781. The van der Waals surface area contributed by atoms with E-state index in [2.05, 4.69) is 4.74 Å². The Morgan fingerprint density at radius 3 is 2.48 bits per heavy atom. The van der Waals surface area contributed by atoms with Crippen molar-refractivity contribution in [2.45, 2.75) is 49.2 Å². The summed E-state index contributed by atoms with van der Waals surface area (Å²) in [6.45, 7) is -3.12. The third-order valence-electron chi connectivity index (χ3n) is 4.61. The normalized spacial score (nSPS) is 30.3. The lowest BCUT2D eigenvalue weighted by molar-refractivity contribution is -0.0503. The summed E-state index contributed by atoms with van der Waals surface area (Å²) in [4.78, 5) is 12.7. The minimum absolute atomic E-state index is 0.0531. The minimum Gasteiger partial charge on any atom is -0.434 e. The second-order valence-electron chi connectivity index (χ2n) is 6.03. The Bertz CT molecular complexity index is 619. The Morgan fingerprint density at radius 1 is 1.22 bits per heavy atom. The van der Waals surface area contributed by atoms with Gasteiger partial charge < -0.3 is 4.74 Å². The first-order valence-electron chi connectivity index (χ1n) is 7.64. The molecule has 0 N–H and O–H groups in total. The van der Waals surface area contributed by atoms with E-state index in [0.29, 0.717) is 12.8 Å². The molecule has 1 aromatic rings. The average Bonchev–Trinajstić information content (AvgIpc) is 2.46. The van der Waals surface area contributed by atoms with Crippen LogP contribution < -0.4 is 4.74 Å². The molecule has 0 aliphatic carbocycles. The number of hydrogen-bond donors (Lipinski definition) is 0. The highest BCUT2D eigenvalue weighted by molar-refractivity contribution is 7.86. The van der Waals surface area contributed by atoms with Gasteiger partial charge in [-0.1, -0.05) is 12.5 Å². The molecule has 0 saturated carbocycles. The van der Waals surface area contributed by atoms with Crippen molar-refractivity contribution in [1.82, 2.24) is 0 Å². The van der Waals surface area contributed by atoms with Crippen LogP contribution in [0.25, 0.3) is 0 Å². The van der Waals surface area contributed by atoms with Crippen molar-refractivity contribution in [3.8, 4) is 5.75 Å². The van der Waals surface area contributed by atoms with Crippen LogP contribution in [-0.2, 0) is 10.8 Å². The van der Waals surface area contributed by atoms with Gasteiger partial charge in [0.25, 0.3) is 0 Å². The van der Waals surface area contributed by atoms with E-state index < -0.39 is 46.2 Å². The third kappa shape index (κ3) is 3.29. The van der Waals surface area contributed by atoms with Crippen molar-refractivity contribution in [2.24, 2.45) is 5.92 Å². The van der Waals surface area contributed by atoms with Crippen LogP contribution >= 0.6 is 0 Å². The zero-order chi connectivity index (χ0) is 16.6. The number of halogens is 3. The first-order chi connectivity index (χ1) is 11.0. The van der Waals surface area contributed by atoms with Crippen molar-refractivity contribution < 1.29 is 26.9 Å². The molecule has 126 valence electrons. The number of benzene rings is 1. The van der Waals surface area contributed by atoms with Crippen LogP contribution in [0.5, 0.6) is 5.75 Å². The molecule has 1 aromatic carbocycles. The topological polar surface area (TPSA) is 43.4 Å². The highest BCUT2D eigenvalue weighted by Crippen LogP contribution is 2.39. The summed E-state index contributed by atoms with van der Waals surface area (Å²) in [6, 6.07) is 3.46. The Balaban J connectivity index is 1.87. The number of alkyl halides is 2. The molecule has 2 saturated heterocycles. The maximum Gasteiger partial charge on any atom is 0.387 e. The number of fused-ring (bicyclic) bond motifs is 2. The zero-order valence-electron chi connectivity index (χ0n) is 12.3. The van der Waals surface area contributed by atoms with Crippen molar-refractivity contribution in [1.29, 1.82) is 0 Å². The molecule has 2 atom stereocenters. The van der Waals surface area contributed by atoms with Gasteiger partial charge in [-0.05, 0) is 37.8 Å². The summed E-state index contributed by atoms with van der Waals surface area (Å²) in [7, 11) is -0.947. The van der Waals surface area contributed by atoms with Crippen molar-refractivity contribution >= 4 is 16.6 Å². The monoisotopic (exact) mass is 346 g/mol. The molecule has 2 aliphatic heterocycles. The van der Waals surface area contributed by atoms with Crippen molar-refractivity contribution in [2.75, 3.05) is 0 Å². The Hall–Kier alpha value is -1.37. The Labute approximate surface area is 134 Å². The third-order valence-corrected chi connectivity index (χ3v) is 6.78. The summed E-state index contributed by atoms with van der Waals surface area (Å²) in [5, 5.41) is -0.106. The van der Waals surface area contributed by atoms with Crippen LogP contribution in [0.1, 0.15) is 42.5 Å². The van der Waals surface area contributed by atoms with E-state index in [9.17, 15) is 22.2 Å². The molecule has 2 aliphatic rings. The van der Waals surface area contributed by atoms with Gasteiger partial charge in [0.2, 0.25) is 0 Å². The Kier molecular flexibility index (Phi) is 4.75. The molecular formula is C16H17F3O3S. The zero-order valence-corrected chi connectivity index (χ0v) is 13.2. The van der Waals surface area contributed by atoms with Gasteiger partial charge in [-0.2, -0.15) is 8.78 Å². The van der Waals surface area contributed by atoms with Crippen molar-refractivity contribution in [3.63, 3.8) is 0 Å². The van der Waals surface area contributed by atoms with E-state index >= 15 is 0 Å². The summed E-state index contributed by atoms with van der Waals surface area (Å²) in [5.41, 5.74) is -0.413. The fraction of sp³-hybridized carbons (Fsp3) is 0.562. The van der Waals surface area contributed by atoms with Gasteiger partial charge in [0.15, 0.2) is 5.78 Å². The van der Waals surface area contributed by atoms with Gasteiger partial charge in [-0.3, -0.25) is 9.00 Å². The number of ketones is 1. The predicted molar refractivity (Wildman–Crippen MR) is 79.7 cm³/mol. The molecule has 3 nitrogen and oxygen atoms in total. The lowest BCUT2D eigenvalue weighted by atomic mass is 9.84. The lowest BCUT2D eigenvalue weighted by Crippen LogP contribution is -2.41. The van der Waals surface area contributed by atoms with Gasteiger partial charge in [0.1, 0.15) is 11.6 Å². The number of rotatable bonds is 4. The number of ether oxygens (including phenoxy) is 1. The van der Waals surface area contributed by atoms with Gasteiger partial charge in [-0.25, -0.2) is 4.39 Å². The largest absolute Gasteiger partial charge is 0.434 e. The summed E-state index contributed by atoms with van der Waals surface area (Å²) in [6.07, 6.45) is 3.42. The lowest BCUT2D eigenvalue weighted by Gasteiger charge is -2.37. The standard InChI is InChI=1S/C16H17F3O3S/c17-12-5-2-6-13(22-16(18)19)14(12)15(20)9-7-10-3-1-4-11(8-9)23(10)21/h2,5-6,9-11,16H,1,3-4,7-8H2. The van der Waals surface area contributed by atoms with Crippen LogP contribution in [-0.4, -0.2) is 27.1 Å². The van der Waals surface area contributed by atoms with Gasteiger partial charge in [0.05, 0.1) is 5.56 Å². The second-order valence-corrected chi connectivity index (χ2v) is 8.02. The van der Waals surface area contributed by atoms with E-state index in [0.717, 1.165) is 25.3 Å². The maximum atomic E-state index is 14.1. The van der Waals surface area contributed by atoms with E-state index in [1.807, 2.05) is 0 Å². The highest BCUT2D eigenvalue weighted by atomic mass is 32.2. The van der Waals surface area contributed by atoms with Gasteiger partial charge in [-0.15, -0.1) is 0 Å².